The third-order valence-corrected chi connectivity index (χ3v) is 2.17. The van der Waals surface area contributed by atoms with E-state index in [4.69, 9.17) is 4.74 Å². The first-order chi connectivity index (χ1) is 8.45. The van der Waals surface area contributed by atoms with Gasteiger partial charge in [-0.1, -0.05) is 13.3 Å². The van der Waals surface area contributed by atoms with Gasteiger partial charge in [-0.05, 0) is 13.3 Å². The molecular weight excluding hydrogens is 285 g/mol. The Labute approximate surface area is 105 Å². The number of alkyl halides is 7. The molecule has 0 saturated heterocycles. The van der Waals surface area contributed by atoms with Crippen molar-refractivity contribution in [3.63, 3.8) is 0 Å². The Morgan fingerprint density at radius 1 is 0.947 bits per heavy atom. The van der Waals surface area contributed by atoms with Gasteiger partial charge in [-0.25, -0.2) is 0 Å². The minimum Gasteiger partial charge on any atom is -0.353 e. The van der Waals surface area contributed by atoms with E-state index in [1.807, 2.05) is 6.92 Å². The van der Waals surface area contributed by atoms with Gasteiger partial charge in [0.2, 0.25) is 0 Å². The summed E-state index contributed by atoms with van der Waals surface area (Å²) in [5, 5.41) is 0. The molecule has 0 rings (SSSR count). The van der Waals surface area contributed by atoms with E-state index in [-0.39, 0.29) is 6.61 Å². The van der Waals surface area contributed by atoms with Gasteiger partial charge in [-0.2, -0.15) is 30.7 Å². The summed E-state index contributed by atoms with van der Waals surface area (Å²) in [6, 6.07) is 0. The zero-order valence-corrected chi connectivity index (χ0v) is 10.4. The maximum Gasteiger partial charge on any atom is 0.459 e. The lowest BCUT2D eigenvalue weighted by Crippen LogP contribution is -2.54. The first-order valence-corrected chi connectivity index (χ1v) is 5.51. The average molecular weight is 300 g/mol. The zero-order chi connectivity index (χ0) is 15.3. The van der Waals surface area contributed by atoms with Crippen LogP contribution in [0.3, 0.4) is 0 Å². The van der Waals surface area contributed by atoms with Crippen LogP contribution in [-0.4, -0.2) is 37.5 Å². The molecule has 0 unspecified atom stereocenters. The minimum absolute atomic E-state index is 0.138. The Bertz CT molecular complexity index is 265. The van der Waals surface area contributed by atoms with Crippen molar-refractivity contribution in [3.05, 3.63) is 0 Å². The molecule has 116 valence electrons. The van der Waals surface area contributed by atoms with E-state index < -0.39 is 30.9 Å². The molecule has 0 aromatic carbocycles. The summed E-state index contributed by atoms with van der Waals surface area (Å²) < 4.78 is 94.9. The third kappa shape index (κ3) is 5.13. The fourth-order valence-corrected chi connectivity index (χ4v) is 0.962. The summed E-state index contributed by atoms with van der Waals surface area (Å²) in [4.78, 5) is 0. The normalized spacial score (nSPS) is 15.6. The highest BCUT2D eigenvalue weighted by molar-refractivity contribution is 4.90. The topological polar surface area (TPSA) is 18.5 Å². The van der Waals surface area contributed by atoms with Crippen LogP contribution in [0.1, 0.15) is 26.7 Å². The summed E-state index contributed by atoms with van der Waals surface area (Å²) in [7, 11) is 0. The van der Waals surface area contributed by atoms with E-state index in [0.717, 1.165) is 13.3 Å². The van der Waals surface area contributed by atoms with E-state index in [0.29, 0.717) is 6.42 Å². The van der Waals surface area contributed by atoms with Crippen molar-refractivity contribution < 1.29 is 40.2 Å². The van der Waals surface area contributed by atoms with Crippen LogP contribution < -0.4 is 0 Å². The van der Waals surface area contributed by atoms with Gasteiger partial charge >= 0.3 is 18.0 Å². The van der Waals surface area contributed by atoms with Crippen LogP contribution in [0.4, 0.5) is 30.7 Å². The van der Waals surface area contributed by atoms with Crippen molar-refractivity contribution in [1.29, 1.82) is 0 Å². The van der Waals surface area contributed by atoms with Gasteiger partial charge in [0.05, 0.1) is 0 Å². The molecule has 0 N–H and O–H groups in total. The lowest BCUT2D eigenvalue weighted by molar-refractivity contribution is -0.366. The van der Waals surface area contributed by atoms with E-state index >= 15 is 0 Å². The van der Waals surface area contributed by atoms with E-state index in [1.54, 1.807) is 0 Å². The van der Waals surface area contributed by atoms with Crippen LogP contribution >= 0.6 is 0 Å². The fraction of sp³-hybridized carbons (Fsp3) is 1.00. The fourth-order valence-electron chi connectivity index (χ4n) is 0.962. The average Bonchev–Trinajstić information content (AvgIpc) is 2.25. The molecule has 9 heteroatoms. The molecule has 0 aliphatic rings. The molecule has 0 aliphatic heterocycles. The highest BCUT2D eigenvalue weighted by Gasteiger charge is 2.73. The van der Waals surface area contributed by atoms with Crippen LogP contribution in [0.2, 0.25) is 0 Å². The van der Waals surface area contributed by atoms with E-state index in [9.17, 15) is 30.7 Å². The van der Waals surface area contributed by atoms with Crippen LogP contribution in [0, 0.1) is 0 Å². The zero-order valence-electron chi connectivity index (χ0n) is 10.4. The molecule has 1 atom stereocenters. The predicted octanol–water partition coefficient (Wildman–Crippen LogP) is 4.00. The minimum atomic E-state index is -6.34. The second kappa shape index (κ2) is 6.74. The lowest BCUT2D eigenvalue weighted by atomic mass is 10.2. The molecule has 0 aromatic rings. The predicted molar refractivity (Wildman–Crippen MR) is 52.2 cm³/mol. The van der Waals surface area contributed by atoms with Crippen molar-refractivity contribution in [3.8, 4) is 0 Å². The first-order valence-electron chi connectivity index (χ1n) is 5.51. The summed E-state index contributed by atoms with van der Waals surface area (Å²) in [6.07, 6.45) is -6.30. The van der Waals surface area contributed by atoms with Gasteiger partial charge in [0.25, 0.3) is 0 Å². The maximum atomic E-state index is 12.8. The van der Waals surface area contributed by atoms with E-state index in [2.05, 4.69) is 4.74 Å². The first kappa shape index (κ1) is 18.4. The molecule has 0 heterocycles. The van der Waals surface area contributed by atoms with Gasteiger partial charge in [0, 0.05) is 6.61 Å². The van der Waals surface area contributed by atoms with Gasteiger partial charge in [0.1, 0.15) is 6.61 Å². The third-order valence-electron chi connectivity index (χ3n) is 2.17. The van der Waals surface area contributed by atoms with E-state index in [1.165, 1.54) is 0 Å². The van der Waals surface area contributed by atoms with Crippen molar-refractivity contribution in [2.75, 3.05) is 13.2 Å². The number of hydrogen-bond donors (Lipinski definition) is 0. The molecule has 0 bridgehead atoms. The Morgan fingerprint density at radius 2 is 1.47 bits per heavy atom. The summed E-state index contributed by atoms with van der Waals surface area (Å²) in [5.41, 5.74) is 0. The molecule has 2 nitrogen and oxygen atoms in total. The molecule has 0 amide bonds. The number of unbranched alkanes of at least 4 members (excludes halogenated alkanes) is 1. The van der Waals surface area contributed by atoms with Gasteiger partial charge in [-0.15, -0.1) is 0 Å². The number of rotatable bonds is 8. The quantitative estimate of drug-likeness (QED) is 0.383. The summed E-state index contributed by atoms with van der Waals surface area (Å²) >= 11 is 0. The Hall–Kier alpha value is -0.570. The Kier molecular flexibility index (Phi) is 6.53. The standard InChI is InChI=1S/C10H15F7O2/c1-3-4-5-18-7(2)19-6-8(11,12)9(13,14)10(15,16)17/h7H,3-6H2,1-2H3/t7-/m1/s1. The highest BCUT2D eigenvalue weighted by atomic mass is 19.4. The van der Waals surface area contributed by atoms with Crippen LogP contribution in [0.25, 0.3) is 0 Å². The molecule has 0 fully saturated rings. The van der Waals surface area contributed by atoms with Crippen LogP contribution in [0.15, 0.2) is 0 Å². The lowest BCUT2D eigenvalue weighted by Gasteiger charge is -2.28. The molecule has 0 aliphatic carbocycles. The van der Waals surface area contributed by atoms with Crippen molar-refractivity contribution in [2.24, 2.45) is 0 Å². The highest BCUT2D eigenvalue weighted by Crippen LogP contribution is 2.46. The molecule has 0 saturated carbocycles. The van der Waals surface area contributed by atoms with Crippen molar-refractivity contribution in [2.45, 2.75) is 51.0 Å². The SMILES string of the molecule is CCCCO[C@@H](C)OCC(F)(F)C(F)(F)C(F)(F)F. The molecule has 19 heavy (non-hydrogen) atoms. The number of hydrogen-bond acceptors (Lipinski definition) is 2. The Balaban J connectivity index is 4.38. The number of halogens is 7. The van der Waals surface area contributed by atoms with Gasteiger partial charge in [-0.3, -0.25) is 0 Å². The second-order valence-electron chi connectivity index (χ2n) is 3.88. The van der Waals surface area contributed by atoms with Gasteiger partial charge < -0.3 is 9.47 Å². The summed E-state index contributed by atoms with van der Waals surface area (Å²) in [6.45, 7) is 1.02. The molecular formula is C10H15F7O2. The van der Waals surface area contributed by atoms with Crippen LogP contribution in [0.5, 0.6) is 0 Å². The molecule has 0 aromatic heterocycles. The monoisotopic (exact) mass is 300 g/mol. The summed E-state index contributed by atoms with van der Waals surface area (Å²) in [5.74, 6) is -11.5. The maximum absolute atomic E-state index is 12.8. The smallest absolute Gasteiger partial charge is 0.353 e. The Morgan fingerprint density at radius 3 is 1.89 bits per heavy atom. The van der Waals surface area contributed by atoms with Crippen molar-refractivity contribution >= 4 is 0 Å². The van der Waals surface area contributed by atoms with Crippen LogP contribution in [-0.2, 0) is 9.47 Å². The number of ether oxygens (including phenoxy) is 2. The second-order valence-corrected chi connectivity index (χ2v) is 3.88. The van der Waals surface area contributed by atoms with Gasteiger partial charge in [0.15, 0.2) is 6.29 Å². The van der Waals surface area contributed by atoms with Crippen molar-refractivity contribution in [1.82, 2.24) is 0 Å². The molecule has 0 radical (unpaired) electrons. The molecule has 0 spiro atoms. The largest absolute Gasteiger partial charge is 0.459 e.